The molecule has 0 aliphatic heterocycles. The first kappa shape index (κ1) is 21.8. The van der Waals surface area contributed by atoms with E-state index in [1.165, 1.54) is 24.1 Å². The lowest BCUT2D eigenvalue weighted by Crippen LogP contribution is -2.36. The van der Waals surface area contributed by atoms with Gasteiger partial charge in [-0.1, -0.05) is 12.1 Å². The molecule has 0 bridgehead atoms. The van der Waals surface area contributed by atoms with Crippen molar-refractivity contribution in [3.8, 4) is 0 Å². The molecule has 2 aromatic rings. The minimum Gasteiger partial charge on any atom is -0.322 e. The summed E-state index contributed by atoms with van der Waals surface area (Å²) in [6.07, 6.45) is 0. The molecule has 0 aliphatic rings. The van der Waals surface area contributed by atoms with Crippen LogP contribution in [0.1, 0.15) is 5.56 Å². The number of nitrogens with zero attached hydrogens (tertiary/aromatic N) is 2. The Hall–Kier alpha value is -3.47. The summed E-state index contributed by atoms with van der Waals surface area (Å²) in [5.74, 6) is -6.02. The van der Waals surface area contributed by atoms with E-state index in [1.54, 1.807) is 13.0 Å². The standard InChI is InChI=1S/C18H17F3N4O4/c1-10-4-3-5-13(25(28)29)18(10)23-15(27)9-24(2)8-14(26)22-12-7-6-11(19)16(20)17(12)21/h3-7H,8-9H2,1-2H3,(H,22,26)(H,23,27). The number of para-hydroxylation sites is 1. The molecule has 0 fully saturated rings. The minimum absolute atomic E-state index is 0.0456. The summed E-state index contributed by atoms with van der Waals surface area (Å²) in [5, 5.41) is 15.6. The molecule has 0 unspecified atom stereocenters. The molecular weight excluding hydrogens is 393 g/mol. The van der Waals surface area contributed by atoms with Crippen LogP contribution in [0, 0.1) is 34.5 Å². The van der Waals surface area contributed by atoms with Crippen molar-refractivity contribution in [2.24, 2.45) is 0 Å². The van der Waals surface area contributed by atoms with Gasteiger partial charge in [0.1, 0.15) is 5.69 Å². The van der Waals surface area contributed by atoms with Crippen LogP contribution in [0.25, 0.3) is 0 Å². The van der Waals surface area contributed by atoms with E-state index >= 15 is 0 Å². The van der Waals surface area contributed by atoms with E-state index in [4.69, 9.17) is 0 Å². The number of carbonyl (C=O) groups is 2. The van der Waals surface area contributed by atoms with E-state index in [1.807, 2.05) is 0 Å². The van der Waals surface area contributed by atoms with Gasteiger partial charge in [0.2, 0.25) is 11.8 Å². The molecule has 0 saturated carbocycles. The van der Waals surface area contributed by atoms with Gasteiger partial charge in [-0.2, -0.15) is 0 Å². The SMILES string of the molecule is Cc1cccc([N+](=O)[O-])c1NC(=O)CN(C)CC(=O)Nc1ccc(F)c(F)c1F. The van der Waals surface area contributed by atoms with Crippen LogP contribution in [0.5, 0.6) is 0 Å². The summed E-state index contributed by atoms with van der Waals surface area (Å²) in [6, 6.07) is 5.86. The number of amides is 2. The van der Waals surface area contributed by atoms with Crippen LogP contribution in [0.4, 0.5) is 30.2 Å². The zero-order valence-electron chi connectivity index (χ0n) is 15.5. The van der Waals surface area contributed by atoms with Crippen molar-refractivity contribution in [3.05, 3.63) is 63.5 Å². The van der Waals surface area contributed by atoms with Gasteiger partial charge in [0, 0.05) is 6.07 Å². The molecule has 29 heavy (non-hydrogen) atoms. The summed E-state index contributed by atoms with van der Waals surface area (Å²) in [7, 11) is 1.41. The second-order valence-corrected chi connectivity index (χ2v) is 6.22. The Bertz CT molecular complexity index is 968. The zero-order chi connectivity index (χ0) is 21.7. The van der Waals surface area contributed by atoms with Gasteiger partial charge in [0.05, 0.1) is 23.7 Å². The van der Waals surface area contributed by atoms with Gasteiger partial charge in [-0.15, -0.1) is 0 Å². The number of benzene rings is 2. The summed E-state index contributed by atoms with van der Waals surface area (Å²) >= 11 is 0. The van der Waals surface area contributed by atoms with Crippen LogP contribution < -0.4 is 10.6 Å². The molecule has 2 amide bonds. The first-order chi connectivity index (χ1) is 13.6. The summed E-state index contributed by atoms with van der Waals surface area (Å²) in [4.78, 5) is 35.8. The Morgan fingerprint density at radius 2 is 1.66 bits per heavy atom. The van der Waals surface area contributed by atoms with Crippen molar-refractivity contribution in [1.29, 1.82) is 0 Å². The molecule has 0 aliphatic carbocycles. The van der Waals surface area contributed by atoms with Crippen LogP contribution in [0.3, 0.4) is 0 Å². The quantitative estimate of drug-likeness (QED) is 0.415. The summed E-state index contributed by atoms with van der Waals surface area (Å²) < 4.78 is 39.7. The Morgan fingerprint density at radius 1 is 1.03 bits per heavy atom. The summed E-state index contributed by atoms with van der Waals surface area (Å²) in [5.41, 5.74) is -0.277. The first-order valence-electron chi connectivity index (χ1n) is 8.26. The molecule has 8 nitrogen and oxygen atoms in total. The fraction of sp³-hybridized carbons (Fsp3) is 0.222. The van der Waals surface area contributed by atoms with Gasteiger partial charge in [0.25, 0.3) is 5.69 Å². The fourth-order valence-corrected chi connectivity index (χ4v) is 2.50. The van der Waals surface area contributed by atoms with Gasteiger partial charge in [-0.05, 0) is 31.7 Å². The Kier molecular flexibility index (Phi) is 6.89. The third-order valence-electron chi connectivity index (χ3n) is 3.85. The molecule has 0 radical (unpaired) electrons. The number of nitrogens with one attached hydrogen (secondary N) is 2. The molecule has 154 valence electrons. The topological polar surface area (TPSA) is 105 Å². The van der Waals surface area contributed by atoms with E-state index in [0.717, 1.165) is 6.07 Å². The van der Waals surface area contributed by atoms with Crippen molar-refractivity contribution in [2.45, 2.75) is 6.92 Å². The molecule has 0 heterocycles. The number of anilines is 2. The number of likely N-dealkylation sites (N-methyl/N-ethyl adjacent to an activating group) is 1. The molecule has 0 atom stereocenters. The van der Waals surface area contributed by atoms with Gasteiger partial charge in [0.15, 0.2) is 17.5 Å². The maximum absolute atomic E-state index is 13.6. The van der Waals surface area contributed by atoms with Gasteiger partial charge < -0.3 is 10.6 Å². The minimum atomic E-state index is -1.71. The predicted molar refractivity (Wildman–Crippen MR) is 98.9 cm³/mol. The number of aryl methyl sites for hydroxylation is 1. The van der Waals surface area contributed by atoms with E-state index in [2.05, 4.69) is 10.6 Å². The molecule has 2 aromatic carbocycles. The molecular formula is C18H17F3N4O4. The van der Waals surface area contributed by atoms with Gasteiger partial charge in [-0.25, -0.2) is 13.2 Å². The Balaban J connectivity index is 1.97. The molecule has 0 spiro atoms. The number of hydrogen-bond donors (Lipinski definition) is 2. The highest BCUT2D eigenvalue weighted by atomic mass is 19.2. The largest absolute Gasteiger partial charge is 0.322 e. The van der Waals surface area contributed by atoms with Gasteiger partial charge >= 0.3 is 0 Å². The molecule has 0 saturated heterocycles. The first-order valence-corrected chi connectivity index (χ1v) is 8.26. The number of hydrogen-bond acceptors (Lipinski definition) is 5. The van der Waals surface area contributed by atoms with Crippen LogP contribution >= 0.6 is 0 Å². The predicted octanol–water partition coefficient (Wildman–Crippen LogP) is 2.83. The second kappa shape index (κ2) is 9.15. The van der Waals surface area contributed by atoms with Crippen LogP contribution in [-0.2, 0) is 9.59 Å². The van der Waals surface area contributed by atoms with E-state index in [9.17, 15) is 32.9 Å². The monoisotopic (exact) mass is 410 g/mol. The molecule has 0 aromatic heterocycles. The number of rotatable bonds is 7. The maximum Gasteiger partial charge on any atom is 0.293 e. The van der Waals surface area contributed by atoms with Crippen molar-refractivity contribution in [2.75, 3.05) is 30.8 Å². The van der Waals surface area contributed by atoms with Crippen molar-refractivity contribution >= 4 is 28.9 Å². The van der Waals surface area contributed by atoms with E-state index in [0.29, 0.717) is 11.6 Å². The average Bonchev–Trinajstić information content (AvgIpc) is 2.63. The lowest BCUT2D eigenvalue weighted by atomic mass is 10.1. The van der Waals surface area contributed by atoms with Crippen molar-refractivity contribution < 1.29 is 27.7 Å². The fourth-order valence-electron chi connectivity index (χ4n) is 2.50. The van der Waals surface area contributed by atoms with E-state index < -0.39 is 39.9 Å². The van der Waals surface area contributed by atoms with Crippen LogP contribution in [0.2, 0.25) is 0 Å². The second-order valence-electron chi connectivity index (χ2n) is 6.22. The molecule has 2 rings (SSSR count). The highest BCUT2D eigenvalue weighted by molar-refractivity contribution is 5.96. The normalized spacial score (nSPS) is 10.7. The highest BCUT2D eigenvalue weighted by Gasteiger charge is 2.20. The summed E-state index contributed by atoms with van der Waals surface area (Å²) in [6.45, 7) is 0.914. The number of nitro groups is 1. The van der Waals surface area contributed by atoms with Crippen LogP contribution in [0.15, 0.2) is 30.3 Å². The Labute approximate surface area is 163 Å². The smallest absolute Gasteiger partial charge is 0.293 e. The molecule has 2 N–H and O–H groups in total. The van der Waals surface area contributed by atoms with E-state index in [-0.39, 0.29) is 24.5 Å². The lowest BCUT2D eigenvalue weighted by Gasteiger charge is -2.17. The third kappa shape index (κ3) is 5.51. The Morgan fingerprint density at radius 3 is 2.28 bits per heavy atom. The lowest BCUT2D eigenvalue weighted by molar-refractivity contribution is -0.384. The maximum atomic E-state index is 13.6. The van der Waals surface area contributed by atoms with Gasteiger partial charge in [-0.3, -0.25) is 24.6 Å². The number of nitro benzene ring substituents is 1. The third-order valence-corrected chi connectivity index (χ3v) is 3.85. The average molecular weight is 410 g/mol. The van der Waals surface area contributed by atoms with Crippen LogP contribution in [-0.4, -0.2) is 41.8 Å². The highest BCUT2D eigenvalue weighted by Crippen LogP contribution is 2.27. The van der Waals surface area contributed by atoms with Crippen molar-refractivity contribution in [3.63, 3.8) is 0 Å². The molecule has 11 heteroatoms. The zero-order valence-corrected chi connectivity index (χ0v) is 15.5. The number of carbonyl (C=O) groups excluding carboxylic acids is 2. The number of halogens is 3. The van der Waals surface area contributed by atoms with Crippen molar-refractivity contribution in [1.82, 2.24) is 4.90 Å².